The number of benzene rings is 1. The van der Waals surface area contributed by atoms with Crippen LogP contribution in [0.1, 0.15) is 13.8 Å². The van der Waals surface area contributed by atoms with Crippen LogP contribution in [0.25, 0.3) is 0 Å². The number of para-hydroxylation sites is 1. The van der Waals surface area contributed by atoms with Crippen molar-refractivity contribution >= 4 is 11.7 Å². The van der Waals surface area contributed by atoms with Crippen LogP contribution in [0.2, 0.25) is 0 Å². The van der Waals surface area contributed by atoms with E-state index in [1.807, 2.05) is 44.2 Å². The highest BCUT2D eigenvalue weighted by Gasteiger charge is 2.39. The molecule has 14 heavy (non-hydrogen) atoms. The van der Waals surface area contributed by atoms with E-state index in [1.54, 1.807) is 0 Å². The lowest BCUT2D eigenvalue weighted by molar-refractivity contribution is -0.403. The zero-order chi connectivity index (χ0) is 10.2. The van der Waals surface area contributed by atoms with Crippen LogP contribution in [0, 0.1) is 0 Å². The van der Waals surface area contributed by atoms with Gasteiger partial charge in [-0.2, -0.15) is 4.79 Å². The number of hydrogen-bond donors (Lipinski definition) is 1. The van der Waals surface area contributed by atoms with E-state index < -0.39 is 5.66 Å². The third-order valence-corrected chi connectivity index (χ3v) is 1.96. The largest absolute Gasteiger partial charge is 0.519 e. The number of amides is 2. The van der Waals surface area contributed by atoms with Gasteiger partial charge < -0.3 is 0 Å². The minimum absolute atomic E-state index is 0.179. The van der Waals surface area contributed by atoms with Gasteiger partial charge in [0.1, 0.15) is 0 Å². The first-order valence-corrected chi connectivity index (χ1v) is 4.49. The molecule has 0 saturated carbocycles. The van der Waals surface area contributed by atoms with E-state index in [0.717, 1.165) is 5.69 Å². The van der Waals surface area contributed by atoms with E-state index in [0.29, 0.717) is 0 Å². The average molecular weight is 190 g/mol. The smallest absolute Gasteiger partial charge is 0.208 e. The van der Waals surface area contributed by atoms with Crippen LogP contribution in [-0.2, 0) is 0 Å². The monoisotopic (exact) mass is 190 g/mol. The fraction of sp³-hybridized carbons (Fsp3) is 0.300. The van der Waals surface area contributed by atoms with Gasteiger partial charge in [-0.3, -0.25) is 0 Å². The van der Waals surface area contributed by atoms with Crippen molar-refractivity contribution < 1.29 is 9.49 Å². The molecule has 72 valence electrons. The Morgan fingerprint density at radius 1 is 1.29 bits per heavy atom. The van der Waals surface area contributed by atoms with Gasteiger partial charge in [-0.1, -0.05) is 28.0 Å². The fourth-order valence-electron chi connectivity index (χ4n) is 1.38. The molecule has 0 radical (unpaired) electrons. The van der Waals surface area contributed by atoms with E-state index in [1.165, 1.54) is 4.70 Å². The van der Waals surface area contributed by atoms with Gasteiger partial charge in [-0.15, -0.1) is 0 Å². The number of hydrogen-bond acceptors (Lipinski definition) is 2. The normalized spacial score (nSPS) is 19.0. The Morgan fingerprint density at radius 2 is 1.93 bits per heavy atom. The molecule has 0 aliphatic carbocycles. The summed E-state index contributed by atoms with van der Waals surface area (Å²) < 4.78 is 1.39. The molecule has 1 aromatic carbocycles. The molecule has 1 N–H and O–H groups in total. The van der Waals surface area contributed by atoms with Crippen LogP contribution in [0.3, 0.4) is 0 Å². The minimum Gasteiger partial charge on any atom is -0.208 e. The summed E-state index contributed by atoms with van der Waals surface area (Å²) in [6.07, 6.45) is 0. The SMILES string of the molecule is CC1(C)N=[N+](c2ccccc2)C(=O)N1. The lowest BCUT2D eigenvalue weighted by atomic mass is 10.3. The van der Waals surface area contributed by atoms with E-state index in [-0.39, 0.29) is 6.03 Å². The van der Waals surface area contributed by atoms with Gasteiger partial charge in [-0.05, 0) is 12.1 Å². The number of azo groups is 2. The van der Waals surface area contributed by atoms with Crippen LogP contribution < -0.4 is 5.32 Å². The molecule has 1 aliphatic heterocycles. The zero-order valence-electron chi connectivity index (χ0n) is 8.19. The maximum Gasteiger partial charge on any atom is 0.519 e. The zero-order valence-corrected chi connectivity index (χ0v) is 8.19. The second-order valence-electron chi connectivity index (χ2n) is 3.74. The molecule has 0 unspecified atom stereocenters. The summed E-state index contributed by atoms with van der Waals surface area (Å²) in [6, 6.07) is 9.19. The Labute approximate surface area is 82.3 Å². The van der Waals surface area contributed by atoms with Crippen molar-refractivity contribution in [2.24, 2.45) is 5.11 Å². The first-order chi connectivity index (χ1) is 6.58. The van der Waals surface area contributed by atoms with E-state index in [9.17, 15) is 4.79 Å². The van der Waals surface area contributed by atoms with Crippen molar-refractivity contribution in [1.29, 1.82) is 0 Å². The van der Waals surface area contributed by atoms with Crippen LogP contribution >= 0.6 is 0 Å². The molecule has 0 spiro atoms. The highest BCUT2D eigenvalue weighted by Crippen LogP contribution is 2.20. The van der Waals surface area contributed by atoms with Crippen LogP contribution in [0.5, 0.6) is 0 Å². The molecule has 1 aliphatic rings. The number of rotatable bonds is 1. The molecular formula is C10H12N3O+. The molecule has 0 aromatic heterocycles. The topological polar surface area (TPSA) is 44.5 Å². The summed E-state index contributed by atoms with van der Waals surface area (Å²) in [4.78, 5) is 11.5. The molecule has 0 bridgehead atoms. The maximum absolute atomic E-state index is 11.5. The highest BCUT2D eigenvalue weighted by molar-refractivity contribution is 5.69. The van der Waals surface area contributed by atoms with Crippen molar-refractivity contribution in [3.05, 3.63) is 30.3 Å². The summed E-state index contributed by atoms with van der Waals surface area (Å²) >= 11 is 0. The summed E-state index contributed by atoms with van der Waals surface area (Å²) in [6.45, 7) is 3.71. The summed E-state index contributed by atoms with van der Waals surface area (Å²) in [5.41, 5.74) is 0.281. The second kappa shape index (κ2) is 2.90. The van der Waals surface area contributed by atoms with Gasteiger partial charge in [0.25, 0.3) is 0 Å². The number of nitrogens with zero attached hydrogens (tertiary/aromatic N) is 2. The summed E-state index contributed by atoms with van der Waals surface area (Å²) in [5, 5.41) is 7.01. The van der Waals surface area contributed by atoms with Gasteiger partial charge in [0.15, 0.2) is 5.69 Å². The highest BCUT2D eigenvalue weighted by atomic mass is 16.2. The Bertz CT molecular complexity index is 395. The summed E-state index contributed by atoms with van der Waals surface area (Å²) in [7, 11) is 0. The van der Waals surface area contributed by atoms with Crippen molar-refractivity contribution in [3.63, 3.8) is 0 Å². The van der Waals surface area contributed by atoms with Gasteiger partial charge in [-0.25, -0.2) is 5.32 Å². The lowest BCUT2D eigenvalue weighted by Gasteiger charge is -2.01. The van der Waals surface area contributed by atoms with Gasteiger partial charge in [0.05, 0.1) is 0 Å². The number of urea groups is 1. The van der Waals surface area contributed by atoms with Crippen molar-refractivity contribution in [2.45, 2.75) is 19.5 Å². The predicted octanol–water partition coefficient (Wildman–Crippen LogP) is 2.24. The maximum atomic E-state index is 11.5. The molecule has 0 fully saturated rings. The Balaban J connectivity index is 2.42. The van der Waals surface area contributed by atoms with Gasteiger partial charge in [0, 0.05) is 13.8 Å². The predicted molar refractivity (Wildman–Crippen MR) is 51.4 cm³/mol. The van der Waals surface area contributed by atoms with Crippen LogP contribution in [0.15, 0.2) is 35.4 Å². The Kier molecular flexibility index (Phi) is 1.84. The summed E-state index contributed by atoms with van der Waals surface area (Å²) in [5.74, 6) is 0. The third kappa shape index (κ3) is 1.51. The molecule has 0 saturated heterocycles. The lowest BCUT2D eigenvalue weighted by Crippen LogP contribution is -2.35. The van der Waals surface area contributed by atoms with E-state index in [2.05, 4.69) is 10.4 Å². The van der Waals surface area contributed by atoms with Crippen molar-refractivity contribution in [2.75, 3.05) is 0 Å². The molecule has 2 amide bonds. The molecule has 4 heteroatoms. The van der Waals surface area contributed by atoms with Crippen molar-refractivity contribution in [1.82, 2.24) is 5.32 Å². The first kappa shape index (κ1) is 8.87. The molecule has 4 nitrogen and oxygen atoms in total. The third-order valence-electron chi connectivity index (χ3n) is 1.96. The Morgan fingerprint density at radius 3 is 2.43 bits per heavy atom. The first-order valence-electron chi connectivity index (χ1n) is 4.49. The average Bonchev–Trinajstić information content (AvgIpc) is 2.41. The second-order valence-corrected chi connectivity index (χ2v) is 3.74. The molecule has 1 heterocycles. The minimum atomic E-state index is -0.507. The van der Waals surface area contributed by atoms with Gasteiger partial charge >= 0.3 is 6.03 Å². The molecular weight excluding hydrogens is 178 g/mol. The molecule has 1 aromatic rings. The van der Waals surface area contributed by atoms with Crippen LogP contribution in [0.4, 0.5) is 10.5 Å². The van der Waals surface area contributed by atoms with Crippen molar-refractivity contribution in [3.8, 4) is 0 Å². The fourth-order valence-corrected chi connectivity index (χ4v) is 1.38. The van der Waals surface area contributed by atoms with Crippen LogP contribution in [-0.4, -0.2) is 16.4 Å². The number of carbonyl (C=O) groups is 1. The van der Waals surface area contributed by atoms with Gasteiger partial charge in [0.2, 0.25) is 5.66 Å². The van der Waals surface area contributed by atoms with E-state index >= 15 is 0 Å². The molecule has 0 atom stereocenters. The Hall–Kier alpha value is -1.71. The van der Waals surface area contributed by atoms with E-state index in [4.69, 9.17) is 0 Å². The molecule has 2 rings (SSSR count). The standard InChI is InChI=1S/C10H11N3O/c1-10(2)11-9(14)13(12-10)8-6-4-3-5-7-8/h3-7H,1-2H3/p+1. The quantitative estimate of drug-likeness (QED) is 0.678. The number of nitrogens with one attached hydrogen (secondary N) is 1. The number of carbonyl (C=O) groups excluding carboxylic acids is 1.